The third-order valence-electron chi connectivity index (χ3n) is 1.27. The lowest BCUT2D eigenvalue weighted by Gasteiger charge is -1.94. The minimum Gasteiger partial charge on any atom is -0.0620 e. The summed E-state index contributed by atoms with van der Waals surface area (Å²) in [6.45, 7) is 4.00. The Hall–Kier alpha value is -0.350. The van der Waals surface area contributed by atoms with Crippen LogP contribution in [-0.4, -0.2) is 14.6 Å². The largest absolute Gasteiger partial charge is 0.274 e. The van der Waals surface area contributed by atoms with Crippen molar-refractivity contribution in [2.75, 3.05) is 13.3 Å². The summed E-state index contributed by atoms with van der Waals surface area (Å²) >= 11 is 0. The predicted octanol–water partition coefficient (Wildman–Crippen LogP) is 1.79. The van der Waals surface area contributed by atoms with E-state index in [1.54, 1.807) is 0 Å². The molecule has 0 bridgehead atoms. The van der Waals surface area contributed by atoms with Gasteiger partial charge < -0.3 is 0 Å². The van der Waals surface area contributed by atoms with E-state index in [9.17, 15) is 0 Å². The molecule has 0 N–H and O–H groups in total. The molecule has 1 rings (SSSR count). The number of hydrogen-bond acceptors (Lipinski definition) is 0. The second kappa shape index (κ2) is 2.98. The van der Waals surface area contributed by atoms with Gasteiger partial charge in [0.25, 0.3) is 1.28 Å². The summed E-state index contributed by atoms with van der Waals surface area (Å²) in [6.07, 6.45) is 0. The Labute approximate surface area is 58.9 Å². The van der Waals surface area contributed by atoms with Gasteiger partial charge in [0.15, 0.2) is 0 Å². The van der Waals surface area contributed by atoms with Crippen LogP contribution in [0.3, 0.4) is 0 Å². The maximum Gasteiger partial charge on any atom is 0.274 e. The van der Waals surface area contributed by atoms with Crippen LogP contribution in [0.5, 0.6) is 0 Å². The Morgan fingerprint density at radius 2 is 1.78 bits per heavy atom. The van der Waals surface area contributed by atoms with E-state index in [2.05, 4.69) is 0 Å². The second-order valence-corrected chi connectivity index (χ2v) is 4.54. The fraction of sp³-hybridized carbons (Fsp3) is 0.250. The minimum atomic E-state index is -1.52. The summed E-state index contributed by atoms with van der Waals surface area (Å²) in [5, 5.41) is 1.18. The topological polar surface area (TPSA) is 0 Å². The van der Waals surface area contributed by atoms with Crippen molar-refractivity contribution in [1.29, 1.82) is 1.28 Å². The molecule has 0 saturated heterocycles. The molecule has 0 aromatic heterocycles. The lowest BCUT2D eigenvalue weighted by Crippen LogP contribution is -1.95. The molecule has 0 aliphatic carbocycles. The third-order valence-corrected chi connectivity index (χ3v) is 2.60. The van der Waals surface area contributed by atoms with Gasteiger partial charge in [-0.1, -0.05) is 18.2 Å². The van der Waals surface area contributed by atoms with Crippen molar-refractivity contribution >= 4 is 13.2 Å². The zero-order valence-corrected chi connectivity index (χ0v) is 6.73. The van der Waals surface area contributed by atoms with Crippen LogP contribution in [0.25, 0.3) is 0 Å². The van der Waals surface area contributed by atoms with Crippen molar-refractivity contribution in [3.63, 3.8) is 0 Å². The second-order valence-electron chi connectivity index (χ2n) is 2.23. The fourth-order valence-electron chi connectivity index (χ4n) is 0.726. The maximum absolute atomic E-state index is 7.78. The van der Waals surface area contributed by atoms with E-state index in [0.29, 0.717) is 0 Å². The predicted molar refractivity (Wildman–Crippen MR) is 46.2 cm³/mol. The van der Waals surface area contributed by atoms with Crippen molar-refractivity contribution in [2.45, 2.75) is 0 Å². The van der Waals surface area contributed by atoms with Crippen LogP contribution in [-0.2, 0) is 0 Å². The average Bonchev–Trinajstić information content (AvgIpc) is 1.88. The molecule has 0 fully saturated rings. The van der Waals surface area contributed by atoms with Crippen LogP contribution in [0.4, 0.5) is 0 Å². The molecule has 9 heavy (non-hydrogen) atoms. The smallest absolute Gasteiger partial charge is 0.0620 e. The first-order valence-corrected chi connectivity index (χ1v) is 5.26. The van der Waals surface area contributed by atoms with E-state index < -0.39 is 7.87 Å². The van der Waals surface area contributed by atoms with Crippen LogP contribution in [0, 0.1) is 0 Å². The maximum atomic E-state index is 7.78. The monoisotopic (exact) mass is 140 g/mol. The van der Waals surface area contributed by atoms with E-state index in [-0.39, 0.29) is 0 Å². The molecule has 0 aliphatic rings. The van der Waals surface area contributed by atoms with Gasteiger partial charge in [-0.3, -0.25) is 0 Å². The molecule has 0 heterocycles. The molecule has 0 saturated carbocycles. The first kappa shape index (κ1) is 5.44. The van der Waals surface area contributed by atoms with Gasteiger partial charge in [0, 0.05) is 7.87 Å². The van der Waals surface area contributed by atoms with Crippen LogP contribution in [0.1, 0.15) is 0 Å². The molecule has 0 atom stereocenters. The van der Waals surface area contributed by atoms with Gasteiger partial charge in [-0.05, 0) is 12.1 Å². The first-order valence-electron chi connectivity index (χ1n) is 3.48. The summed E-state index contributed by atoms with van der Waals surface area (Å²) in [5.74, 6) is 0. The molecule has 0 unspecified atom stereocenters. The molecule has 1 aromatic rings. The highest BCUT2D eigenvalue weighted by molar-refractivity contribution is 7.64. The van der Waals surface area contributed by atoms with E-state index in [0.717, 1.165) is 0 Å². The molecule has 0 aliphatic heterocycles. The van der Waals surface area contributed by atoms with Gasteiger partial charge in [0.1, 0.15) is 0 Å². The Balaban J connectivity index is 2.97. The number of rotatable bonds is 1. The number of hydrogen-bond donors (Lipinski definition) is 0. The highest BCUT2D eigenvalue weighted by Crippen LogP contribution is 2.22. The van der Waals surface area contributed by atoms with E-state index in [1.165, 1.54) is 5.30 Å². The molecule has 48 valence electrons. The van der Waals surface area contributed by atoms with E-state index in [1.807, 2.05) is 43.7 Å². The summed E-state index contributed by atoms with van der Waals surface area (Å²) in [6, 6.07) is 10.0. The lowest BCUT2D eigenvalue weighted by atomic mass is 10.4. The first-order chi connectivity index (χ1) is 4.61. The van der Waals surface area contributed by atoms with Crippen LogP contribution in [0.2, 0.25) is 0 Å². The van der Waals surface area contributed by atoms with Gasteiger partial charge >= 0.3 is 0 Å². The lowest BCUT2D eigenvalue weighted by molar-refractivity contribution is 1.77. The quantitative estimate of drug-likeness (QED) is 0.522. The van der Waals surface area contributed by atoms with Crippen molar-refractivity contribution < 1.29 is 0 Å². The van der Waals surface area contributed by atoms with E-state index >= 15 is 0 Å². The zero-order chi connectivity index (χ0) is 7.61. The van der Waals surface area contributed by atoms with Crippen molar-refractivity contribution in [2.24, 2.45) is 0 Å². The molecule has 0 radical (unpaired) electrons. The standard InChI is InChI=1S/C8H11P/c1-9(2)8-6-4-3-5-7-8/h3-7H,1-2H3/p+1/i/hD. The van der Waals surface area contributed by atoms with Gasteiger partial charge in [-0.2, -0.15) is 0 Å². The zero-order valence-electron chi connectivity index (χ0n) is 6.83. The van der Waals surface area contributed by atoms with Gasteiger partial charge in [0.05, 0.1) is 18.6 Å². The minimum absolute atomic E-state index is 1.18. The van der Waals surface area contributed by atoms with Gasteiger partial charge in [0.2, 0.25) is 0 Å². The molecule has 0 spiro atoms. The normalized spacial score (nSPS) is 12.9. The van der Waals surface area contributed by atoms with Crippen LogP contribution in [0.15, 0.2) is 30.3 Å². The van der Waals surface area contributed by atoms with Crippen LogP contribution < -0.4 is 5.30 Å². The van der Waals surface area contributed by atoms with Gasteiger partial charge in [-0.25, -0.2) is 0 Å². The highest BCUT2D eigenvalue weighted by atomic mass is 31.1. The SMILES string of the molecule is [2H][P+](C)(C)c1ccccc1. The van der Waals surface area contributed by atoms with Crippen molar-refractivity contribution in [3.05, 3.63) is 30.3 Å². The summed E-state index contributed by atoms with van der Waals surface area (Å²) < 4.78 is 7.78. The molecule has 0 nitrogen and oxygen atoms in total. The van der Waals surface area contributed by atoms with Crippen molar-refractivity contribution in [1.82, 2.24) is 0 Å². The molecule has 1 heteroatoms. The Morgan fingerprint density at radius 3 is 2.11 bits per heavy atom. The molecule has 1 aromatic carbocycles. The summed E-state index contributed by atoms with van der Waals surface area (Å²) in [5.41, 5.74) is 0. The number of benzene rings is 1. The van der Waals surface area contributed by atoms with Crippen molar-refractivity contribution in [3.8, 4) is 0 Å². The van der Waals surface area contributed by atoms with E-state index in [4.69, 9.17) is 1.28 Å². The average molecular weight is 140 g/mol. The van der Waals surface area contributed by atoms with Crippen LogP contribution >= 0.6 is 7.87 Å². The summed E-state index contributed by atoms with van der Waals surface area (Å²) in [7, 11) is -1.52. The Morgan fingerprint density at radius 1 is 1.22 bits per heavy atom. The van der Waals surface area contributed by atoms with Gasteiger partial charge in [-0.15, -0.1) is 0 Å². The third kappa shape index (κ3) is 1.80. The Kier molecular flexibility index (Phi) is 1.80. The molecular weight excluding hydrogens is 127 g/mol. The molecular formula is C8H12P+. The Bertz CT molecular complexity index is 200. The highest BCUT2D eigenvalue weighted by Gasteiger charge is 2.01. The fourth-order valence-corrected chi connectivity index (χ4v) is 1.49. The summed E-state index contributed by atoms with van der Waals surface area (Å²) in [4.78, 5) is 0. The molecule has 0 amide bonds.